The van der Waals surface area contributed by atoms with Gasteiger partial charge in [0.05, 0.1) is 7.11 Å². The Kier molecular flexibility index (Phi) is 9.25. The number of ether oxygens (including phenoxy) is 3. The normalized spacial score (nSPS) is 13.4. The van der Waals surface area contributed by atoms with E-state index in [-0.39, 0.29) is 31.1 Å². The molecule has 2 amide bonds. The molecule has 4 rings (SSSR count). The number of fused-ring (bicyclic) bond motifs is 1. The van der Waals surface area contributed by atoms with E-state index >= 15 is 0 Å². The largest absolute Gasteiger partial charge is 0.497 e. The summed E-state index contributed by atoms with van der Waals surface area (Å²) in [6.07, 6.45) is 2.00. The van der Waals surface area contributed by atoms with Crippen LogP contribution in [0.1, 0.15) is 43.4 Å². The van der Waals surface area contributed by atoms with Gasteiger partial charge in [0.25, 0.3) is 0 Å². The number of hydrogen-bond acceptors (Lipinski definition) is 5. The Morgan fingerprint density at radius 2 is 1.71 bits per heavy atom. The summed E-state index contributed by atoms with van der Waals surface area (Å²) in [4.78, 5) is 29.2. The zero-order valence-electron chi connectivity index (χ0n) is 22.3. The molecule has 0 aromatic heterocycles. The van der Waals surface area contributed by atoms with Crippen LogP contribution in [0.2, 0.25) is 0 Å². The Bertz CT molecular complexity index is 1230. The molecule has 1 aliphatic heterocycles. The molecule has 3 aromatic rings. The van der Waals surface area contributed by atoms with Crippen molar-refractivity contribution >= 4 is 11.8 Å². The summed E-state index contributed by atoms with van der Waals surface area (Å²) in [7, 11) is 1.62. The Balaban J connectivity index is 1.61. The van der Waals surface area contributed by atoms with Gasteiger partial charge in [-0.25, -0.2) is 0 Å². The lowest BCUT2D eigenvalue weighted by Gasteiger charge is -2.32. The highest BCUT2D eigenvalue weighted by atomic mass is 16.7. The van der Waals surface area contributed by atoms with Gasteiger partial charge in [0.1, 0.15) is 11.8 Å². The van der Waals surface area contributed by atoms with Crippen molar-refractivity contribution in [1.82, 2.24) is 10.2 Å². The molecular weight excluding hydrogens is 480 g/mol. The van der Waals surface area contributed by atoms with E-state index in [1.54, 1.807) is 12.0 Å². The van der Waals surface area contributed by atoms with E-state index in [1.807, 2.05) is 86.6 Å². The van der Waals surface area contributed by atoms with Crippen molar-refractivity contribution in [3.8, 4) is 17.2 Å². The second-order valence-electron chi connectivity index (χ2n) is 9.58. The summed E-state index contributed by atoms with van der Waals surface area (Å²) < 4.78 is 16.3. The molecule has 200 valence electrons. The van der Waals surface area contributed by atoms with E-state index in [9.17, 15) is 9.59 Å². The average molecular weight is 517 g/mol. The molecule has 0 bridgehead atoms. The van der Waals surface area contributed by atoms with Crippen molar-refractivity contribution in [2.45, 2.75) is 58.2 Å². The number of nitrogens with one attached hydrogen (secondary N) is 1. The summed E-state index contributed by atoms with van der Waals surface area (Å²) in [6, 6.07) is 22.5. The Morgan fingerprint density at radius 1 is 0.947 bits per heavy atom. The number of carbonyl (C=O) groups excluding carboxylic acids is 2. The van der Waals surface area contributed by atoms with Crippen LogP contribution in [0.25, 0.3) is 0 Å². The summed E-state index contributed by atoms with van der Waals surface area (Å²) in [5.74, 6) is 1.87. The SMILES string of the molecule is CC[C@H](C)NC(=O)[C@H](Cc1ccccc1)N(Cc1cccc(OC)c1)C(=O)CCc1ccc2c(c1)OCO2. The maximum absolute atomic E-state index is 13.9. The molecule has 7 nitrogen and oxygen atoms in total. The molecule has 7 heteroatoms. The number of methoxy groups -OCH3 is 1. The van der Waals surface area contributed by atoms with Gasteiger partial charge >= 0.3 is 0 Å². The van der Waals surface area contributed by atoms with E-state index in [4.69, 9.17) is 14.2 Å². The van der Waals surface area contributed by atoms with Crippen molar-refractivity contribution in [2.75, 3.05) is 13.9 Å². The molecule has 3 aromatic carbocycles. The molecule has 1 heterocycles. The van der Waals surface area contributed by atoms with Gasteiger partial charge in [-0.1, -0.05) is 55.5 Å². The maximum atomic E-state index is 13.9. The van der Waals surface area contributed by atoms with E-state index < -0.39 is 6.04 Å². The first-order valence-corrected chi connectivity index (χ1v) is 13.1. The van der Waals surface area contributed by atoms with Crippen molar-refractivity contribution in [3.63, 3.8) is 0 Å². The van der Waals surface area contributed by atoms with E-state index in [2.05, 4.69) is 5.32 Å². The van der Waals surface area contributed by atoms with Gasteiger partial charge in [-0.3, -0.25) is 9.59 Å². The highest BCUT2D eigenvalue weighted by Gasteiger charge is 2.31. The summed E-state index contributed by atoms with van der Waals surface area (Å²) in [5.41, 5.74) is 2.87. The van der Waals surface area contributed by atoms with Crippen LogP contribution < -0.4 is 19.5 Å². The molecule has 2 atom stereocenters. The van der Waals surface area contributed by atoms with Crippen LogP contribution in [0, 0.1) is 0 Å². The van der Waals surface area contributed by atoms with Crippen LogP contribution in [0.3, 0.4) is 0 Å². The molecule has 0 spiro atoms. The first kappa shape index (κ1) is 27.0. The summed E-state index contributed by atoms with van der Waals surface area (Å²) in [6.45, 7) is 4.51. The average Bonchev–Trinajstić information content (AvgIpc) is 3.42. The number of amides is 2. The molecule has 0 saturated heterocycles. The van der Waals surface area contributed by atoms with Gasteiger partial charge in [0.2, 0.25) is 18.6 Å². The van der Waals surface area contributed by atoms with Crippen molar-refractivity contribution in [2.24, 2.45) is 0 Å². The van der Waals surface area contributed by atoms with E-state index in [1.165, 1.54) is 0 Å². The molecule has 0 saturated carbocycles. The monoisotopic (exact) mass is 516 g/mol. The third-order valence-electron chi connectivity index (χ3n) is 6.82. The smallest absolute Gasteiger partial charge is 0.243 e. The number of aryl methyl sites for hydroxylation is 1. The van der Waals surface area contributed by atoms with Gasteiger partial charge in [-0.15, -0.1) is 0 Å². The standard InChI is InChI=1S/C31H36N2O5/c1-4-22(2)32-31(35)27(18-23-9-6-5-7-10-23)33(20-25-11-8-12-26(17-25)36-3)30(34)16-14-24-13-15-28-29(19-24)38-21-37-28/h5-13,15,17,19,22,27H,4,14,16,18,20-21H2,1-3H3,(H,32,35)/t22-,27-/m0/s1. The highest BCUT2D eigenvalue weighted by molar-refractivity contribution is 5.88. The first-order chi connectivity index (χ1) is 18.5. The van der Waals surface area contributed by atoms with Crippen molar-refractivity contribution < 1.29 is 23.8 Å². The number of nitrogens with zero attached hydrogens (tertiary/aromatic N) is 1. The van der Waals surface area contributed by atoms with Crippen LogP contribution in [0.15, 0.2) is 72.8 Å². The second kappa shape index (κ2) is 13.0. The number of carbonyl (C=O) groups is 2. The van der Waals surface area contributed by atoms with Crippen LogP contribution >= 0.6 is 0 Å². The molecule has 1 N–H and O–H groups in total. The minimum absolute atomic E-state index is 0.00294. The quantitative estimate of drug-likeness (QED) is 0.370. The third kappa shape index (κ3) is 7.06. The topological polar surface area (TPSA) is 77.1 Å². The van der Waals surface area contributed by atoms with Crippen LogP contribution in [-0.2, 0) is 29.0 Å². The number of hydrogen-bond donors (Lipinski definition) is 1. The minimum Gasteiger partial charge on any atom is -0.497 e. The fraction of sp³-hybridized carbons (Fsp3) is 0.355. The van der Waals surface area contributed by atoms with E-state index in [0.717, 1.165) is 23.1 Å². The van der Waals surface area contributed by atoms with Crippen LogP contribution in [0.5, 0.6) is 17.2 Å². The zero-order chi connectivity index (χ0) is 26.9. The number of benzene rings is 3. The summed E-state index contributed by atoms with van der Waals surface area (Å²) in [5, 5.41) is 3.11. The van der Waals surface area contributed by atoms with Gasteiger partial charge < -0.3 is 24.4 Å². The zero-order valence-corrected chi connectivity index (χ0v) is 22.3. The molecule has 1 aliphatic rings. The van der Waals surface area contributed by atoms with Gasteiger partial charge in [0.15, 0.2) is 11.5 Å². The lowest BCUT2D eigenvalue weighted by Crippen LogP contribution is -2.52. The lowest BCUT2D eigenvalue weighted by atomic mass is 10.0. The Morgan fingerprint density at radius 3 is 2.47 bits per heavy atom. The Labute approximate surface area is 224 Å². The van der Waals surface area contributed by atoms with Gasteiger partial charge in [-0.05, 0) is 60.7 Å². The Hall–Kier alpha value is -4.00. The molecular formula is C31H36N2O5. The highest BCUT2D eigenvalue weighted by Crippen LogP contribution is 2.33. The van der Waals surface area contributed by atoms with Crippen LogP contribution in [0.4, 0.5) is 0 Å². The molecule has 38 heavy (non-hydrogen) atoms. The third-order valence-corrected chi connectivity index (χ3v) is 6.82. The van der Waals surface area contributed by atoms with Crippen LogP contribution in [-0.4, -0.2) is 42.7 Å². The lowest BCUT2D eigenvalue weighted by molar-refractivity contribution is -0.141. The molecule has 0 fully saturated rings. The maximum Gasteiger partial charge on any atom is 0.243 e. The molecule has 0 aliphatic carbocycles. The number of rotatable bonds is 12. The second-order valence-corrected chi connectivity index (χ2v) is 9.58. The molecule has 0 radical (unpaired) electrons. The fourth-order valence-corrected chi connectivity index (χ4v) is 4.45. The van der Waals surface area contributed by atoms with Gasteiger partial charge in [-0.2, -0.15) is 0 Å². The molecule has 0 unspecified atom stereocenters. The predicted octanol–water partition coefficient (Wildman–Crippen LogP) is 4.91. The fourth-order valence-electron chi connectivity index (χ4n) is 4.45. The van der Waals surface area contributed by atoms with E-state index in [0.29, 0.717) is 36.6 Å². The predicted molar refractivity (Wildman–Crippen MR) is 146 cm³/mol. The van der Waals surface area contributed by atoms with Crippen molar-refractivity contribution in [1.29, 1.82) is 0 Å². The summed E-state index contributed by atoms with van der Waals surface area (Å²) >= 11 is 0. The minimum atomic E-state index is -0.665. The van der Waals surface area contributed by atoms with Gasteiger partial charge in [0, 0.05) is 25.4 Å². The first-order valence-electron chi connectivity index (χ1n) is 13.1. The van der Waals surface area contributed by atoms with Crippen molar-refractivity contribution in [3.05, 3.63) is 89.5 Å².